The van der Waals surface area contributed by atoms with Gasteiger partial charge < -0.3 is 0 Å². The Balaban J connectivity index is 0.000000666. The van der Waals surface area contributed by atoms with Crippen molar-refractivity contribution in [3.63, 3.8) is 0 Å². The molecule has 1 atom stereocenters. The minimum Gasteiger partial charge on any atom is -0.0149 e. The van der Waals surface area contributed by atoms with Crippen LogP contribution in [0.25, 0.3) is 5.70 Å². The van der Waals surface area contributed by atoms with Gasteiger partial charge in [-0.05, 0) is 11.0 Å². The van der Waals surface area contributed by atoms with Gasteiger partial charge in [-0.1, -0.05) is 25.3 Å². The molecule has 3 rings (SSSR count). The molecule has 1 N–H and O–H groups in total. The van der Waals surface area contributed by atoms with Crippen LogP contribution in [0.5, 0.6) is 0 Å². The van der Waals surface area contributed by atoms with Crippen molar-refractivity contribution in [2.75, 3.05) is 13.1 Å². The van der Waals surface area contributed by atoms with Crippen molar-refractivity contribution < 1.29 is 16.8 Å². The Kier molecular flexibility index (Phi) is 9.01. The number of nitrogens with zero attached hydrogens (tertiary/aromatic N) is 1. The van der Waals surface area contributed by atoms with Crippen LogP contribution < -0.4 is 3.80 Å². The third-order valence-corrected chi connectivity index (χ3v) is 10.3. The summed E-state index contributed by atoms with van der Waals surface area (Å²) in [6.45, 7) is 16.1. The van der Waals surface area contributed by atoms with Crippen LogP contribution in [0.3, 0.4) is 0 Å². The summed E-state index contributed by atoms with van der Waals surface area (Å²) in [6.07, 6.45) is 8.55. The second kappa shape index (κ2) is 10.1. The topological polar surface area (TPSA) is 15.3 Å². The van der Waals surface area contributed by atoms with Gasteiger partial charge in [-0.25, -0.2) is 0 Å². The van der Waals surface area contributed by atoms with E-state index in [-0.39, 0.29) is 16.5 Å². The number of likely N-dealkylation sites (tertiary alicyclic amines) is 1. The van der Waals surface area contributed by atoms with Gasteiger partial charge in [0.25, 0.3) is 0 Å². The number of fused-ring (bicyclic) bond motifs is 1. The third-order valence-electron chi connectivity index (χ3n) is 4.98. The van der Waals surface area contributed by atoms with E-state index in [0.29, 0.717) is 4.22 Å². The Morgan fingerprint density at radius 3 is 2.15 bits per heavy atom. The average molecular weight is 421 g/mol. The Bertz CT molecular complexity index is 661. The Hall–Kier alpha value is -0.869. The van der Waals surface area contributed by atoms with Gasteiger partial charge in [-0.15, -0.1) is 0 Å². The zero-order valence-corrected chi connectivity index (χ0v) is 18.9. The Morgan fingerprint density at radius 2 is 1.63 bits per heavy atom. The molecule has 1 aliphatic carbocycles. The van der Waals surface area contributed by atoms with E-state index in [1.54, 1.807) is 17.7 Å². The van der Waals surface area contributed by atoms with Crippen LogP contribution in [0.15, 0.2) is 55.7 Å². The number of allylic oxidation sites excluding steroid dienone is 3. The third kappa shape index (κ3) is 6.32. The second-order valence-corrected chi connectivity index (χ2v) is 15.6. The number of benzene rings is 1. The summed E-state index contributed by atoms with van der Waals surface area (Å²) in [4.78, 5) is 2.61. The molecule has 2 nitrogen and oxygen atoms in total. The number of nitrogens with one attached hydrogen (secondary N) is 1. The maximum atomic E-state index is 4.01. The molecule has 0 saturated carbocycles. The molecular weight excluding hydrogens is 380 g/mol. The molecule has 1 saturated heterocycles. The minimum absolute atomic E-state index is 0. The summed E-state index contributed by atoms with van der Waals surface area (Å²) in [6, 6.07) is 9.09. The van der Waals surface area contributed by atoms with Gasteiger partial charge in [0.15, 0.2) is 0 Å². The SMILES string of the molecule is C=CC=C.CC(C)(C)[NH][Ti]([CH3])([CH3])[CH]1C=C(N2CCCC2)c2ccccc21.[SiH4]. The smallest absolute Gasteiger partial charge is 0.0149 e. The number of hydrogen-bond donors (Lipinski definition) is 1. The molecule has 1 fully saturated rings. The van der Waals surface area contributed by atoms with Crippen LogP contribution in [-0.2, 0) is 16.8 Å². The summed E-state index contributed by atoms with van der Waals surface area (Å²) in [5.74, 6) is 0. The number of hydrogen-bond acceptors (Lipinski definition) is 2. The van der Waals surface area contributed by atoms with Crippen molar-refractivity contribution in [2.45, 2.75) is 53.8 Å². The zero-order chi connectivity index (χ0) is 19.4. The monoisotopic (exact) mass is 420 g/mol. The second-order valence-electron chi connectivity index (χ2n) is 8.88. The molecular formula is C23H40N2SiTi. The van der Waals surface area contributed by atoms with Crippen LogP contribution in [-0.4, -0.2) is 34.5 Å². The average Bonchev–Trinajstić information content (AvgIpc) is 3.20. The van der Waals surface area contributed by atoms with E-state index in [2.05, 4.69) is 83.4 Å². The molecule has 0 amide bonds. The first kappa shape index (κ1) is 24.2. The molecule has 27 heavy (non-hydrogen) atoms. The van der Waals surface area contributed by atoms with E-state index in [1.165, 1.54) is 37.2 Å². The summed E-state index contributed by atoms with van der Waals surface area (Å²) >= 11 is -2.18. The van der Waals surface area contributed by atoms with Gasteiger partial charge in [-0.3, -0.25) is 0 Å². The van der Waals surface area contributed by atoms with Crippen LogP contribution >= 0.6 is 0 Å². The van der Waals surface area contributed by atoms with Crippen molar-refractivity contribution in [3.8, 4) is 0 Å². The maximum Gasteiger partial charge on any atom is -0.0149 e. The van der Waals surface area contributed by atoms with E-state index in [9.17, 15) is 0 Å². The molecule has 0 aromatic heterocycles. The fourth-order valence-corrected chi connectivity index (χ4v) is 9.98. The standard InChI is InChI=1S/C13H14N.C4H10N.C4H6.2CH3.H4Si.Ti/c1-2-6-12-11(5-1)7-8-13(12)14-9-3-4-10-14;1-4(2,3)5;1-3-4-2;;;;/h1-2,5-8H,3-4,9-10H2;5H,1-3H3;3-4H,1-2H2;2*1H3;1H4;/q;-1;;;;;+1. The molecule has 0 radical (unpaired) electrons. The number of rotatable bonds is 4. The predicted octanol–water partition coefficient (Wildman–Crippen LogP) is 4.64. The van der Waals surface area contributed by atoms with E-state index in [4.69, 9.17) is 0 Å². The van der Waals surface area contributed by atoms with E-state index < -0.39 is 16.8 Å². The fourth-order valence-electron chi connectivity index (χ4n) is 4.21. The molecule has 1 aromatic rings. The van der Waals surface area contributed by atoms with Gasteiger partial charge >= 0.3 is 140 Å². The zero-order valence-electron chi connectivity index (χ0n) is 17.3. The summed E-state index contributed by atoms with van der Waals surface area (Å²) in [5.41, 5.74) is 4.75. The molecule has 2 aliphatic rings. The predicted molar refractivity (Wildman–Crippen MR) is 124 cm³/mol. The summed E-state index contributed by atoms with van der Waals surface area (Å²) < 4.78 is 4.63. The van der Waals surface area contributed by atoms with Crippen LogP contribution in [0.1, 0.15) is 49.0 Å². The van der Waals surface area contributed by atoms with Crippen molar-refractivity contribution >= 4 is 16.7 Å². The Morgan fingerprint density at radius 1 is 1.07 bits per heavy atom. The normalized spacial score (nSPS) is 18.6. The maximum absolute atomic E-state index is 4.01. The first-order chi connectivity index (χ1) is 12.2. The van der Waals surface area contributed by atoms with E-state index >= 15 is 0 Å². The van der Waals surface area contributed by atoms with E-state index in [0.717, 1.165) is 0 Å². The minimum atomic E-state index is -2.18. The molecule has 1 aromatic carbocycles. The van der Waals surface area contributed by atoms with Crippen molar-refractivity contribution in [3.05, 3.63) is 66.8 Å². The first-order valence-electron chi connectivity index (χ1n) is 9.78. The molecule has 1 heterocycles. The first-order valence-corrected chi connectivity index (χ1v) is 14.6. The molecule has 0 bridgehead atoms. The molecule has 1 unspecified atom stereocenters. The molecule has 1 aliphatic heterocycles. The van der Waals surface area contributed by atoms with Crippen LogP contribution in [0.2, 0.25) is 10.5 Å². The van der Waals surface area contributed by atoms with E-state index in [1.807, 2.05) is 0 Å². The van der Waals surface area contributed by atoms with Gasteiger partial charge in [0.1, 0.15) is 0 Å². The summed E-state index contributed by atoms with van der Waals surface area (Å²) in [7, 11) is 0. The quantitative estimate of drug-likeness (QED) is 0.564. The van der Waals surface area contributed by atoms with Gasteiger partial charge in [0.05, 0.1) is 0 Å². The van der Waals surface area contributed by atoms with Crippen molar-refractivity contribution in [1.82, 2.24) is 8.70 Å². The van der Waals surface area contributed by atoms with Crippen molar-refractivity contribution in [2.24, 2.45) is 0 Å². The van der Waals surface area contributed by atoms with Gasteiger partial charge in [-0.2, -0.15) is 0 Å². The van der Waals surface area contributed by atoms with Crippen molar-refractivity contribution in [1.29, 1.82) is 0 Å². The molecule has 4 heteroatoms. The summed E-state index contributed by atoms with van der Waals surface area (Å²) in [5, 5.41) is 5.05. The molecule has 0 spiro atoms. The largest absolute Gasteiger partial charge is 0.0149 e. The van der Waals surface area contributed by atoms with Gasteiger partial charge in [0, 0.05) is 0 Å². The molecule has 150 valence electrons. The van der Waals surface area contributed by atoms with Gasteiger partial charge in [0.2, 0.25) is 0 Å². The van der Waals surface area contributed by atoms with Crippen LogP contribution in [0.4, 0.5) is 0 Å². The fraction of sp³-hybridized carbons (Fsp3) is 0.478. The van der Waals surface area contributed by atoms with Crippen LogP contribution in [0, 0.1) is 0 Å². The Labute approximate surface area is 175 Å².